The first-order chi connectivity index (χ1) is 9.56. The zero-order chi connectivity index (χ0) is 15.0. The van der Waals surface area contributed by atoms with Gasteiger partial charge in [-0.2, -0.15) is 0 Å². The lowest BCUT2D eigenvalue weighted by Crippen LogP contribution is -2.16. The third-order valence-electron chi connectivity index (χ3n) is 3.16. The molecule has 0 aliphatic carbocycles. The molecular formula is C14H24N4O2. The van der Waals surface area contributed by atoms with E-state index in [1.165, 1.54) is 31.4 Å². The standard InChI is InChI=1S/C14H24N4O2/c1-4-5-6-7-8-11(2)16-14-10-12(18(19)20)9-13(15-3)17-14/h9-11H,4-8H2,1-3H3,(H2,15,16,17). The fourth-order valence-corrected chi connectivity index (χ4v) is 2.03. The van der Waals surface area contributed by atoms with E-state index in [-0.39, 0.29) is 11.7 Å². The summed E-state index contributed by atoms with van der Waals surface area (Å²) in [7, 11) is 1.70. The van der Waals surface area contributed by atoms with Crippen LogP contribution in [-0.2, 0) is 0 Å². The lowest BCUT2D eigenvalue weighted by molar-refractivity contribution is -0.384. The molecule has 1 aromatic heterocycles. The third kappa shape index (κ3) is 5.42. The van der Waals surface area contributed by atoms with Crippen LogP contribution in [-0.4, -0.2) is 23.0 Å². The Kier molecular flexibility index (Phi) is 6.76. The number of hydrogen-bond donors (Lipinski definition) is 2. The highest BCUT2D eigenvalue weighted by Crippen LogP contribution is 2.21. The first kappa shape index (κ1) is 16.2. The van der Waals surface area contributed by atoms with Gasteiger partial charge in [-0.15, -0.1) is 0 Å². The Morgan fingerprint density at radius 2 is 2.00 bits per heavy atom. The molecule has 0 spiro atoms. The van der Waals surface area contributed by atoms with Gasteiger partial charge < -0.3 is 10.6 Å². The SMILES string of the molecule is CCCCCCC(C)Nc1cc([N+](=O)[O-])cc(NC)n1. The number of rotatable bonds is 9. The van der Waals surface area contributed by atoms with Crippen molar-refractivity contribution >= 4 is 17.3 Å². The van der Waals surface area contributed by atoms with Gasteiger partial charge in [-0.1, -0.05) is 32.6 Å². The van der Waals surface area contributed by atoms with Crippen LogP contribution in [0.3, 0.4) is 0 Å². The normalized spacial score (nSPS) is 11.9. The average Bonchev–Trinajstić information content (AvgIpc) is 2.43. The molecule has 1 atom stereocenters. The number of anilines is 2. The van der Waals surface area contributed by atoms with Crippen molar-refractivity contribution in [3.05, 3.63) is 22.2 Å². The number of nitrogens with one attached hydrogen (secondary N) is 2. The fourth-order valence-electron chi connectivity index (χ4n) is 2.03. The Balaban J connectivity index is 2.61. The van der Waals surface area contributed by atoms with Crippen molar-refractivity contribution in [3.8, 4) is 0 Å². The molecule has 1 heterocycles. The summed E-state index contributed by atoms with van der Waals surface area (Å²) in [5.41, 5.74) is 0.0463. The predicted molar refractivity (Wildman–Crippen MR) is 82.3 cm³/mol. The van der Waals surface area contributed by atoms with Crippen LogP contribution in [0.5, 0.6) is 0 Å². The minimum Gasteiger partial charge on any atom is -0.373 e. The van der Waals surface area contributed by atoms with Crippen molar-refractivity contribution in [2.24, 2.45) is 0 Å². The molecule has 1 aromatic rings. The molecule has 6 nitrogen and oxygen atoms in total. The van der Waals surface area contributed by atoms with Crippen LogP contribution in [0.1, 0.15) is 46.0 Å². The highest BCUT2D eigenvalue weighted by atomic mass is 16.6. The quantitative estimate of drug-likeness (QED) is 0.408. The molecule has 0 aromatic carbocycles. The van der Waals surface area contributed by atoms with E-state index in [1.54, 1.807) is 7.05 Å². The summed E-state index contributed by atoms with van der Waals surface area (Å²) in [6.45, 7) is 4.26. The van der Waals surface area contributed by atoms with Gasteiger partial charge in [0.1, 0.15) is 11.6 Å². The number of pyridine rings is 1. The monoisotopic (exact) mass is 280 g/mol. The molecule has 1 rings (SSSR count). The molecule has 0 radical (unpaired) electrons. The smallest absolute Gasteiger partial charge is 0.276 e. The van der Waals surface area contributed by atoms with Crippen molar-refractivity contribution in [2.75, 3.05) is 17.7 Å². The minimum atomic E-state index is -0.403. The Hall–Kier alpha value is -1.85. The van der Waals surface area contributed by atoms with Crippen molar-refractivity contribution in [1.29, 1.82) is 0 Å². The molecule has 20 heavy (non-hydrogen) atoms. The first-order valence-electron chi connectivity index (χ1n) is 7.17. The number of nitro groups is 1. The molecule has 0 saturated carbocycles. The second-order valence-corrected chi connectivity index (χ2v) is 5.00. The number of hydrogen-bond acceptors (Lipinski definition) is 5. The van der Waals surface area contributed by atoms with Crippen LogP contribution in [0.15, 0.2) is 12.1 Å². The first-order valence-corrected chi connectivity index (χ1v) is 7.17. The molecule has 6 heteroatoms. The maximum atomic E-state index is 10.9. The van der Waals surface area contributed by atoms with Crippen LogP contribution >= 0.6 is 0 Å². The average molecular weight is 280 g/mol. The Morgan fingerprint density at radius 1 is 1.30 bits per heavy atom. The molecule has 0 aliphatic rings. The lowest BCUT2D eigenvalue weighted by Gasteiger charge is -2.15. The van der Waals surface area contributed by atoms with Gasteiger partial charge in [0, 0.05) is 13.1 Å². The molecule has 0 amide bonds. The van der Waals surface area contributed by atoms with E-state index in [0.717, 1.165) is 12.8 Å². The minimum absolute atomic E-state index is 0.0463. The van der Waals surface area contributed by atoms with Gasteiger partial charge in [-0.05, 0) is 13.3 Å². The van der Waals surface area contributed by atoms with Crippen LogP contribution in [0.2, 0.25) is 0 Å². The van der Waals surface area contributed by atoms with Gasteiger partial charge in [-0.3, -0.25) is 10.1 Å². The van der Waals surface area contributed by atoms with E-state index in [4.69, 9.17) is 0 Å². The lowest BCUT2D eigenvalue weighted by atomic mass is 10.1. The fraction of sp³-hybridized carbons (Fsp3) is 0.643. The van der Waals surface area contributed by atoms with Crippen LogP contribution in [0.4, 0.5) is 17.3 Å². The summed E-state index contributed by atoms with van der Waals surface area (Å²) >= 11 is 0. The summed E-state index contributed by atoms with van der Waals surface area (Å²) in [6.07, 6.45) is 5.91. The number of unbranched alkanes of at least 4 members (excludes halogenated alkanes) is 3. The van der Waals surface area contributed by atoms with Gasteiger partial charge in [0.25, 0.3) is 5.69 Å². The van der Waals surface area contributed by atoms with Gasteiger partial charge >= 0.3 is 0 Å². The van der Waals surface area contributed by atoms with E-state index in [1.807, 2.05) is 0 Å². The van der Waals surface area contributed by atoms with Gasteiger partial charge in [0.2, 0.25) is 0 Å². The summed E-state index contributed by atoms with van der Waals surface area (Å²) < 4.78 is 0. The largest absolute Gasteiger partial charge is 0.373 e. The zero-order valence-corrected chi connectivity index (χ0v) is 12.5. The molecule has 0 aliphatic heterocycles. The molecular weight excluding hydrogens is 256 g/mol. The summed E-state index contributed by atoms with van der Waals surface area (Å²) in [4.78, 5) is 14.8. The maximum Gasteiger partial charge on any atom is 0.276 e. The second kappa shape index (κ2) is 8.35. The molecule has 2 N–H and O–H groups in total. The van der Waals surface area contributed by atoms with E-state index < -0.39 is 4.92 Å². The molecule has 0 fully saturated rings. The van der Waals surface area contributed by atoms with Gasteiger partial charge in [0.05, 0.1) is 17.1 Å². The summed E-state index contributed by atoms with van der Waals surface area (Å²) in [5.74, 6) is 1.05. The molecule has 112 valence electrons. The van der Waals surface area contributed by atoms with E-state index >= 15 is 0 Å². The van der Waals surface area contributed by atoms with Gasteiger partial charge in [-0.25, -0.2) is 4.98 Å². The zero-order valence-electron chi connectivity index (χ0n) is 12.5. The maximum absolute atomic E-state index is 10.9. The number of aromatic nitrogens is 1. The molecule has 0 saturated heterocycles. The second-order valence-electron chi connectivity index (χ2n) is 5.00. The van der Waals surface area contributed by atoms with Crippen molar-refractivity contribution < 1.29 is 4.92 Å². The Bertz CT molecular complexity index is 437. The topological polar surface area (TPSA) is 80.1 Å². The molecule has 1 unspecified atom stereocenters. The Morgan fingerprint density at radius 3 is 2.60 bits per heavy atom. The number of nitrogens with zero attached hydrogens (tertiary/aromatic N) is 2. The van der Waals surface area contributed by atoms with Crippen LogP contribution in [0, 0.1) is 10.1 Å². The summed E-state index contributed by atoms with van der Waals surface area (Å²) in [6, 6.07) is 3.16. The van der Waals surface area contributed by atoms with Crippen LogP contribution < -0.4 is 10.6 Å². The van der Waals surface area contributed by atoms with Crippen molar-refractivity contribution in [3.63, 3.8) is 0 Å². The molecule has 0 bridgehead atoms. The van der Waals surface area contributed by atoms with Crippen molar-refractivity contribution in [1.82, 2.24) is 4.98 Å². The van der Waals surface area contributed by atoms with E-state index in [0.29, 0.717) is 11.6 Å². The summed E-state index contributed by atoms with van der Waals surface area (Å²) in [5, 5.41) is 16.9. The van der Waals surface area contributed by atoms with E-state index in [9.17, 15) is 10.1 Å². The highest BCUT2D eigenvalue weighted by Gasteiger charge is 2.12. The third-order valence-corrected chi connectivity index (χ3v) is 3.16. The Labute approximate surface area is 120 Å². The van der Waals surface area contributed by atoms with Crippen molar-refractivity contribution in [2.45, 2.75) is 52.0 Å². The van der Waals surface area contributed by atoms with Crippen LogP contribution in [0.25, 0.3) is 0 Å². The highest BCUT2D eigenvalue weighted by molar-refractivity contribution is 5.54. The van der Waals surface area contributed by atoms with Gasteiger partial charge in [0.15, 0.2) is 0 Å². The van der Waals surface area contributed by atoms with E-state index in [2.05, 4.69) is 29.5 Å². The predicted octanol–water partition coefficient (Wildman–Crippen LogP) is 3.80.